The number of rotatable bonds is 3. The van der Waals surface area contributed by atoms with Gasteiger partial charge in [0.1, 0.15) is 0 Å². The highest BCUT2D eigenvalue weighted by Gasteiger charge is 2.11. The van der Waals surface area contributed by atoms with Crippen LogP contribution in [0.3, 0.4) is 0 Å². The number of hydrogen-bond acceptors (Lipinski definition) is 4. The number of halogens is 1. The molecule has 0 fully saturated rings. The summed E-state index contributed by atoms with van der Waals surface area (Å²) in [6, 6.07) is 4.50. The Kier molecular flexibility index (Phi) is 3.69. The molecule has 17 heavy (non-hydrogen) atoms. The molecule has 1 atom stereocenters. The Morgan fingerprint density at radius 1 is 1.41 bits per heavy atom. The van der Waals surface area contributed by atoms with Crippen molar-refractivity contribution in [3.63, 3.8) is 0 Å². The number of thiophene rings is 1. The van der Waals surface area contributed by atoms with Crippen LogP contribution in [-0.2, 0) is 0 Å². The molecule has 0 bridgehead atoms. The van der Waals surface area contributed by atoms with Crippen molar-refractivity contribution >= 4 is 38.6 Å². The Balaban J connectivity index is 2.21. The second kappa shape index (κ2) is 5.06. The van der Waals surface area contributed by atoms with E-state index in [2.05, 4.69) is 52.2 Å². The largest absolute Gasteiger partial charge is 0.396 e. The molecule has 2 rings (SSSR count). The molecule has 1 unspecified atom stereocenters. The van der Waals surface area contributed by atoms with Crippen molar-refractivity contribution in [3.05, 3.63) is 38.8 Å². The van der Waals surface area contributed by atoms with Gasteiger partial charge in [0.05, 0.1) is 28.1 Å². The van der Waals surface area contributed by atoms with Gasteiger partial charge in [-0.2, -0.15) is 0 Å². The zero-order valence-corrected chi connectivity index (χ0v) is 12.1. The summed E-state index contributed by atoms with van der Waals surface area (Å²) >= 11 is 5.24. The van der Waals surface area contributed by atoms with Crippen LogP contribution in [0, 0.1) is 6.92 Å². The van der Waals surface area contributed by atoms with Gasteiger partial charge >= 0.3 is 0 Å². The molecule has 0 aliphatic heterocycles. The Morgan fingerprint density at radius 2 is 2.18 bits per heavy atom. The van der Waals surface area contributed by atoms with Crippen LogP contribution in [0.2, 0.25) is 0 Å². The predicted octanol–water partition coefficient (Wildman–Crippen LogP) is 3.97. The van der Waals surface area contributed by atoms with Crippen LogP contribution >= 0.6 is 27.3 Å². The molecule has 0 saturated heterocycles. The molecule has 3 N–H and O–H groups in total. The highest BCUT2D eigenvalue weighted by molar-refractivity contribution is 9.10. The smallest absolute Gasteiger partial charge is 0.0755 e. The van der Waals surface area contributed by atoms with E-state index in [0.717, 1.165) is 10.2 Å². The van der Waals surface area contributed by atoms with Crippen LogP contribution in [-0.4, -0.2) is 4.98 Å². The molecule has 0 saturated carbocycles. The lowest BCUT2D eigenvalue weighted by Crippen LogP contribution is -2.07. The number of nitrogens with two attached hydrogens (primary N) is 1. The topological polar surface area (TPSA) is 50.9 Å². The van der Waals surface area contributed by atoms with Crippen molar-refractivity contribution in [3.8, 4) is 0 Å². The first-order chi connectivity index (χ1) is 8.08. The molecule has 3 nitrogen and oxygen atoms in total. The number of aryl methyl sites for hydroxylation is 1. The maximum absolute atomic E-state index is 5.90. The van der Waals surface area contributed by atoms with E-state index in [0.29, 0.717) is 5.69 Å². The van der Waals surface area contributed by atoms with Crippen LogP contribution in [0.25, 0.3) is 0 Å². The van der Waals surface area contributed by atoms with Crippen molar-refractivity contribution in [1.82, 2.24) is 4.98 Å². The van der Waals surface area contributed by atoms with Crippen molar-refractivity contribution in [2.45, 2.75) is 19.9 Å². The SMILES string of the molecule is Cc1ccc(C(C)Nc2c(N)cncc2Br)s1. The molecule has 0 radical (unpaired) electrons. The zero-order chi connectivity index (χ0) is 12.4. The highest BCUT2D eigenvalue weighted by atomic mass is 79.9. The summed E-state index contributed by atoms with van der Waals surface area (Å²) in [4.78, 5) is 6.63. The zero-order valence-electron chi connectivity index (χ0n) is 9.70. The van der Waals surface area contributed by atoms with E-state index in [4.69, 9.17) is 5.73 Å². The molecule has 0 spiro atoms. The monoisotopic (exact) mass is 311 g/mol. The normalized spacial score (nSPS) is 12.4. The third-order valence-electron chi connectivity index (χ3n) is 2.48. The second-order valence-corrected chi connectivity index (χ2v) is 6.07. The highest BCUT2D eigenvalue weighted by Crippen LogP contribution is 2.32. The number of nitrogens with zero attached hydrogens (tertiary/aromatic N) is 1. The van der Waals surface area contributed by atoms with E-state index < -0.39 is 0 Å². The molecule has 2 heterocycles. The summed E-state index contributed by atoms with van der Waals surface area (Å²) in [6.07, 6.45) is 3.39. The van der Waals surface area contributed by atoms with Crippen LogP contribution in [0.1, 0.15) is 22.7 Å². The molecule has 90 valence electrons. The van der Waals surface area contributed by atoms with E-state index in [1.807, 2.05) is 0 Å². The number of aromatic nitrogens is 1. The van der Waals surface area contributed by atoms with Crippen LogP contribution in [0.4, 0.5) is 11.4 Å². The van der Waals surface area contributed by atoms with Gasteiger partial charge in [-0.15, -0.1) is 11.3 Å². The fraction of sp³-hybridized carbons (Fsp3) is 0.250. The summed E-state index contributed by atoms with van der Waals surface area (Å²) in [5.74, 6) is 0. The minimum atomic E-state index is 0.231. The molecule has 2 aromatic heterocycles. The molecule has 5 heteroatoms. The first kappa shape index (κ1) is 12.4. The minimum absolute atomic E-state index is 0.231. The van der Waals surface area contributed by atoms with E-state index >= 15 is 0 Å². The second-order valence-electron chi connectivity index (χ2n) is 3.90. The molecule has 0 aliphatic rings. The third kappa shape index (κ3) is 2.79. The summed E-state index contributed by atoms with van der Waals surface area (Å²) in [7, 11) is 0. The fourth-order valence-corrected chi connectivity index (χ4v) is 2.92. The third-order valence-corrected chi connectivity index (χ3v) is 4.26. The van der Waals surface area contributed by atoms with Crippen molar-refractivity contribution < 1.29 is 0 Å². The Morgan fingerprint density at radius 3 is 2.76 bits per heavy atom. The van der Waals surface area contributed by atoms with Gasteiger partial charge in [0, 0.05) is 16.0 Å². The summed E-state index contributed by atoms with van der Waals surface area (Å²) in [5, 5.41) is 3.41. The lowest BCUT2D eigenvalue weighted by atomic mass is 10.2. The molecule has 0 amide bonds. The van der Waals surface area contributed by atoms with E-state index in [-0.39, 0.29) is 6.04 Å². The molecule has 0 aliphatic carbocycles. The number of hydrogen-bond donors (Lipinski definition) is 2. The number of pyridine rings is 1. The average Bonchev–Trinajstić information content (AvgIpc) is 2.70. The Bertz CT molecular complexity index is 504. The van der Waals surface area contributed by atoms with Gasteiger partial charge in [0.2, 0.25) is 0 Å². The lowest BCUT2D eigenvalue weighted by molar-refractivity contribution is 0.906. The van der Waals surface area contributed by atoms with Crippen LogP contribution < -0.4 is 11.1 Å². The van der Waals surface area contributed by atoms with Crippen LogP contribution in [0.15, 0.2) is 29.0 Å². The first-order valence-corrected chi connectivity index (χ1v) is 6.90. The summed E-state index contributed by atoms with van der Waals surface area (Å²) in [6.45, 7) is 4.23. The molecule has 0 aromatic carbocycles. The van der Waals surface area contributed by atoms with E-state index in [1.54, 1.807) is 23.7 Å². The van der Waals surface area contributed by atoms with Gasteiger partial charge in [0.25, 0.3) is 0 Å². The Hall–Kier alpha value is -1.07. The maximum Gasteiger partial charge on any atom is 0.0755 e. The van der Waals surface area contributed by atoms with Gasteiger partial charge in [-0.1, -0.05) is 0 Å². The van der Waals surface area contributed by atoms with Crippen molar-refractivity contribution in [2.75, 3.05) is 11.1 Å². The molecular weight excluding hydrogens is 298 g/mol. The maximum atomic E-state index is 5.90. The van der Waals surface area contributed by atoms with Crippen molar-refractivity contribution in [1.29, 1.82) is 0 Å². The fourth-order valence-electron chi connectivity index (χ4n) is 1.58. The standard InChI is InChI=1S/C12H14BrN3S/c1-7-3-4-11(17-7)8(2)16-12-9(13)5-15-6-10(12)14/h3-6,8H,14H2,1-2H3,(H,15,16). The Labute approximate surface area is 113 Å². The van der Waals surface area contributed by atoms with Gasteiger partial charge < -0.3 is 11.1 Å². The number of nitrogens with one attached hydrogen (secondary N) is 1. The van der Waals surface area contributed by atoms with Gasteiger partial charge in [-0.25, -0.2) is 0 Å². The van der Waals surface area contributed by atoms with E-state index in [1.165, 1.54) is 9.75 Å². The van der Waals surface area contributed by atoms with E-state index in [9.17, 15) is 0 Å². The number of anilines is 2. The van der Waals surface area contributed by atoms with Gasteiger partial charge in [-0.3, -0.25) is 4.98 Å². The first-order valence-electron chi connectivity index (χ1n) is 5.30. The summed E-state index contributed by atoms with van der Waals surface area (Å²) in [5.41, 5.74) is 7.46. The minimum Gasteiger partial charge on any atom is -0.396 e. The van der Waals surface area contributed by atoms with Gasteiger partial charge in [0.15, 0.2) is 0 Å². The van der Waals surface area contributed by atoms with Crippen molar-refractivity contribution in [2.24, 2.45) is 0 Å². The quantitative estimate of drug-likeness (QED) is 0.901. The average molecular weight is 312 g/mol. The van der Waals surface area contributed by atoms with Gasteiger partial charge in [-0.05, 0) is 41.9 Å². The number of nitrogen functional groups attached to an aromatic ring is 1. The molecule has 2 aromatic rings. The predicted molar refractivity (Wildman–Crippen MR) is 77.4 cm³/mol. The summed E-state index contributed by atoms with van der Waals surface area (Å²) < 4.78 is 0.887. The molecular formula is C12H14BrN3S. The van der Waals surface area contributed by atoms with Crippen LogP contribution in [0.5, 0.6) is 0 Å². The lowest BCUT2D eigenvalue weighted by Gasteiger charge is -2.16.